The number of Topliss-reactive ketones (excluding diaryl/α,β-unsaturated/α-hetero) is 1. The highest BCUT2D eigenvalue weighted by Crippen LogP contribution is 2.65. The molecule has 5 heteroatoms. The fourth-order valence-electron chi connectivity index (χ4n) is 8.43. The summed E-state index contributed by atoms with van der Waals surface area (Å²) in [5.74, 6) is 1.17. The van der Waals surface area contributed by atoms with Crippen molar-refractivity contribution in [1.29, 1.82) is 0 Å². The molecule has 35 heavy (non-hydrogen) atoms. The van der Waals surface area contributed by atoms with Crippen LogP contribution in [0.15, 0.2) is 36.0 Å². The molecule has 0 spiro atoms. The quantitative estimate of drug-likeness (QED) is 0.601. The van der Waals surface area contributed by atoms with Gasteiger partial charge in [-0.15, -0.1) is 0 Å². The molecule has 1 aliphatic heterocycles. The Kier molecular flexibility index (Phi) is 5.58. The van der Waals surface area contributed by atoms with Crippen molar-refractivity contribution < 1.29 is 24.1 Å². The zero-order valence-electron chi connectivity index (χ0n) is 21.8. The highest BCUT2D eigenvalue weighted by atomic mass is 16.7. The average Bonchev–Trinajstić information content (AvgIpc) is 3.25. The minimum atomic E-state index is -0.990. The second-order valence-electron chi connectivity index (χ2n) is 13.3. The van der Waals surface area contributed by atoms with Crippen LogP contribution in [0.3, 0.4) is 0 Å². The minimum absolute atomic E-state index is 0.00821. The van der Waals surface area contributed by atoms with Gasteiger partial charge < -0.3 is 19.3 Å². The van der Waals surface area contributed by atoms with Gasteiger partial charge in [-0.25, -0.2) is 0 Å². The van der Waals surface area contributed by atoms with Crippen LogP contribution in [0, 0.1) is 35.0 Å². The van der Waals surface area contributed by atoms with Gasteiger partial charge in [0.2, 0.25) is 0 Å². The van der Waals surface area contributed by atoms with E-state index in [0.717, 1.165) is 37.7 Å². The summed E-state index contributed by atoms with van der Waals surface area (Å²) >= 11 is 0. The summed E-state index contributed by atoms with van der Waals surface area (Å²) < 4.78 is 19.3. The fourth-order valence-corrected chi connectivity index (χ4v) is 8.43. The number of hydrogen-bond donors (Lipinski definition) is 1. The molecule has 5 aliphatic carbocycles. The SMILES string of the molecule is C=C1C=C[C@@]2(C)C(=C1)CC[C@@H]1[C@@H]2[C@@H](O)CC2[C@H]1C[C@H]1O[C@@H](C3CCC3)O[C@@]21C(=O)COC(C)(C)C. The van der Waals surface area contributed by atoms with E-state index in [2.05, 4.69) is 31.7 Å². The summed E-state index contributed by atoms with van der Waals surface area (Å²) in [5, 5.41) is 11.7. The van der Waals surface area contributed by atoms with Gasteiger partial charge in [0.05, 0.1) is 17.8 Å². The Balaban J connectivity index is 1.33. The Labute approximate surface area is 210 Å². The van der Waals surface area contributed by atoms with Gasteiger partial charge in [-0.1, -0.05) is 43.7 Å². The van der Waals surface area contributed by atoms with Gasteiger partial charge in [0, 0.05) is 23.2 Å². The summed E-state index contributed by atoms with van der Waals surface area (Å²) in [6, 6.07) is 0. The molecule has 0 amide bonds. The molecule has 4 saturated carbocycles. The van der Waals surface area contributed by atoms with E-state index in [0.29, 0.717) is 24.2 Å². The standard InChI is InChI=1S/C30H42O5/c1-17-11-12-29(5)19(13-17)9-10-20-21-14-25-30(22(21)15-23(31)26(20)29,24(32)16-33-28(2,3)4)35-27(34-25)18-7-6-8-18/h11-13,18,20-23,25-27,31H,1,6-10,14-16H2,2-5H3/t20-,21-,22?,23-,25+,26+,27+,29-,30+/m0/s1. The molecule has 5 fully saturated rings. The van der Waals surface area contributed by atoms with Crippen molar-refractivity contribution in [2.24, 2.45) is 35.0 Å². The van der Waals surface area contributed by atoms with Crippen molar-refractivity contribution in [2.75, 3.05) is 6.61 Å². The second kappa shape index (κ2) is 8.11. The zero-order chi connectivity index (χ0) is 24.8. The first kappa shape index (κ1) is 24.1. The molecule has 9 atom stereocenters. The van der Waals surface area contributed by atoms with E-state index in [9.17, 15) is 9.90 Å². The molecule has 0 radical (unpaired) electrons. The highest BCUT2D eigenvalue weighted by Gasteiger charge is 2.71. The fraction of sp³-hybridized carbons (Fsp3) is 0.767. The average molecular weight is 483 g/mol. The Hall–Kier alpha value is -1.27. The number of ether oxygens (including phenoxy) is 3. The van der Waals surface area contributed by atoms with Crippen molar-refractivity contribution in [3.8, 4) is 0 Å². The summed E-state index contributed by atoms with van der Waals surface area (Å²) in [6.45, 7) is 12.4. The van der Waals surface area contributed by atoms with E-state index >= 15 is 0 Å². The van der Waals surface area contributed by atoms with E-state index in [-0.39, 0.29) is 42.0 Å². The van der Waals surface area contributed by atoms with Gasteiger partial charge in [-0.3, -0.25) is 4.79 Å². The maximum Gasteiger partial charge on any atom is 0.193 e. The number of aliphatic hydroxyl groups excluding tert-OH is 1. The molecule has 6 rings (SSSR count). The Bertz CT molecular complexity index is 970. The summed E-state index contributed by atoms with van der Waals surface area (Å²) in [6.07, 6.45) is 12.5. The van der Waals surface area contributed by atoms with Gasteiger partial charge in [-0.05, 0) is 76.7 Å². The van der Waals surface area contributed by atoms with E-state index in [4.69, 9.17) is 14.2 Å². The van der Waals surface area contributed by atoms with E-state index in [1.165, 1.54) is 12.0 Å². The molecule has 192 valence electrons. The van der Waals surface area contributed by atoms with Crippen LogP contribution in [0.5, 0.6) is 0 Å². The molecular weight excluding hydrogens is 440 g/mol. The van der Waals surface area contributed by atoms with Crippen LogP contribution >= 0.6 is 0 Å². The van der Waals surface area contributed by atoms with Crippen molar-refractivity contribution in [2.45, 2.75) is 102 Å². The molecule has 0 aromatic heterocycles. The molecule has 1 N–H and O–H groups in total. The van der Waals surface area contributed by atoms with Crippen LogP contribution < -0.4 is 0 Å². The van der Waals surface area contributed by atoms with Crippen molar-refractivity contribution in [1.82, 2.24) is 0 Å². The smallest absolute Gasteiger partial charge is 0.193 e. The predicted molar refractivity (Wildman–Crippen MR) is 133 cm³/mol. The maximum absolute atomic E-state index is 14.0. The van der Waals surface area contributed by atoms with Crippen LogP contribution in [0.4, 0.5) is 0 Å². The molecule has 5 nitrogen and oxygen atoms in total. The lowest BCUT2D eigenvalue weighted by molar-refractivity contribution is -0.190. The van der Waals surface area contributed by atoms with Crippen molar-refractivity contribution in [3.05, 3.63) is 36.0 Å². The molecule has 0 aromatic carbocycles. The Morgan fingerprint density at radius 3 is 2.69 bits per heavy atom. The third-order valence-electron chi connectivity index (χ3n) is 10.3. The number of rotatable bonds is 4. The molecule has 1 heterocycles. The zero-order valence-corrected chi connectivity index (χ0v) is 21.8. The van der Waals surface area contributed by atoms with Crippen LogP contribution in [0.25, 0.3) is 0 Å². The first-order valence-electron chi connectivity index (χ1n) is 13.8. The molecule has 0 aromatic rings. The highest BCUT2D eigenvalue weighted by molar-refractivity contribution is 5.90. The van der Waals surface area contributed by atoms with E-state index in [1.807, 2.05) is 20.8 Å². The van der Waals surface area contributed by atoms with E-state index in [1.54, 1.807) is 0 Å². The third kappa shape index (κ3) is 3.59. The lowest BCUT2D eigenvalue weighted by atomic mass is 9.49. The number of ketones is 1. The Morgan fingerprint density at radius 1 is 1.23 bits per heavy atom. The van der Waals surface area contributed by atoms with Crippen molar-refractivity contribution >= 4 is 5.78 Å². The van der Waals surface area contributed by atoms with Crippen LogP contribution in [0.2, 0.25) is 0 Å². The number of carbonyl (C=O) groups is 1. The van der Waals surface area contributed by atoms with Gasteiger partial charge in [0.15, 0.2) is 17.7 Å². The molecule has 1 unspecified atom stereocenters. The molecular formula is C30H42O5. The number of aliphatic hydroxyl groups is 1. The summed E-state index contributed by atoms with van der Waals surface area (Å²) in [4.78, 5) is 14.0. The topological polar surface area (TPSA) is 65.0 Å². The first-order chi connectivity index (χ1) is 16.5. The maximum atomic E-state index is 14.0. The van der Waals surface area contributed by atoms with Gasteiger partial charge >= 0.3 is 0 Å². The number of fused-ring (bicyclic) bond motifs is 7. The lowest BCUT2D eigenvalue weighted by Crippen LogP contribution is -2.58. The van der Waals surface area contributed by atoms with E-state index < -0.39 is 17.3 Å². The van der Waals surface area contributed by atoms with Gasteiger partial charge in [-0.2, -0.15) is 0 Å². The van der Waals surface area contributed by atoms with Crippen LogP contribution in [-0.2, 0) is 19.0 Å². The predicted octanol–water partition coefficient (Wildman–Crippen LogP) is 5.14. The lowest BCUT2D eigenvalue weighted by Gasteiger charge is -2.56. The monoisotopic (exact) mass is 482 g/mol. The number of hydrogen-bond acceptors (Lipinski definition) is 5. The van der Waals surface area contributed by atoms with Crippen LogP contribution in [0.1, 0.15) is 72.6 Å². The molecule has 6 aliphatic rings. The molecule has 1 saturated heterocycles. The largest absolute Gasteiger partial charge is 0.393 e. The van der Waals surface area contributed by atoms with Gasteiger partial charge in [0.25, 0.3) is 0 Å². The Morgan fingerprint density at radius 2 is 2.00 bits per heavy atom. The normalized spacial score (nSPS) is 46.8. The van der Waals surface area contributed by atoms with Crippen LogP contribution in [-0.4, -0.2) is 47.2 Å². The number of carbonyl (C=O) groups excluding carboxylic acids is 1. The minimum Gasteiger partial charge on any atom is -0.393 e. The molecule has 0 bridgehead atoms. The third-order valence-corrected chi connectivity index (χ3v) is 10.3. The second-order valence-corrected chi connectivity index (χ2v) is 13.3. The van der Waals surface area contributed by atoms with Gasteiger partial charge in [0.1, 0.15) is 6.61 Å². The summed E-state index contributed by atoms with van der Waals surface area (Å²) in [5.41, 5.74) is 0.887. The summed E-state index contributed by atoms with van der Waals surface area (Å²) in [7, 11) is 0. The van der Waals surface area contributed by atoms with Crippen molar-refractivity contribution in [3.63, 3.8) is 0 Å². The number of allylic oxidation sites excluding steroid dienone is 5. The first-order valence-corrected chi connectivity index (χ1v) is 13.8.